The number of hydrogen-bond acceptors (Lipinski definition) is 3. The molecule has 0 radical (unpaired) electrons. The van der Waals surface area contributed by atoms with Gasteiger partial charge in [0.05, 0.1) is 15.9 Å². The van der Waals surface area contributed by atoms with E-state index in [0.29, 0.717) is 18.8 Å². The molecular weight excluding hydrogens is 384 g/mol. The van der Waals surface area contributed by atoms with Crippen molar-refractivity contribution in [3.63, 3.8) is 0 Å². The zero-order valence-corrected chi connectivity index (χ0v) is 15.4. The van der Waals surface area contributed by atoms with Crippen LogP contribution in [0.3, 0.4) is 0 Å². The molecule has 2 rings (SSSR count). The van der Waals surface area contributed by atoms with Crippen LogP contribution in [0.15, 0.2) is 10.5 Å². The lowest BCUT2D eigenvalue weighted by molar-refractivity contribution is -0.121. The summed E-state index contributed by atoms with van der Waals surface area (Å²) in [7, 11) is 0. The van der Waals surface area contributed by atoms with Gasteiger partial charge in [-0.2, -0.15) is 10.2 Å². The van der Waals surface area contributed by atoms with E-state index in [1.807, 2.05) is 24.6 Å². The molecule has 1 N–H and O–H groups in total. The van der Waals surface area contributed by atoms with Gasteiger partial charge in [-0.1, -0.05) is 0 Å². The van der Waals surface area contributed by atoms with Gasteiger partial charge in [0.15, 0.2) is 0 Å². The monoisotopic (exact) mass is 403 g/mol. The summed E-state index contributed by atoms with van der Waals surface area (Å²) in [4.78, 5) is 11.9. The fourth-order valence-electron chi connectivity index (χ4n) is 2.39. The van der Waals surface area contributed by atoms with Crippen molar-refractivity contribution >= 4 is 21.8 Å². The summed E-state index contributed by atoms with van der Waals surface area (Å²) in [6, 6.07) is 2.00. The molecule has 0 saturated heterocycles. The predicted octanol–water partition coefficient (Wildman–Crippen LogP) is 2.91. The van der Waals surface area contributed by atoms with Crippen LogP contribution in [-0.2, 0) is 17.9 Å². The summed E-state index contributed by atoms with van der Waals surface area (Å²) in [6.07, 6.45) is -1.94. The Bertz CT molecular complexity index is 726. The van der Waals surface area contributed by atoms with Gasteiger partial charge >= 0.3 is 0 Å². The largest absolute Gasteiger partial charge is 0.354 e. The fourth-order valence-corrected chi connectivity index (χ4v) is 2.85. The standard InChI is InChI=1S/C15H20BrF2N5O/c1-9-7-10(2)22(20-9)6-4-5-19-12(24)8-23-11(3)13(16)14(21-23)15(17)18/h7,15H,4-6,8H2,1-3H3,(H,19,24). The summed E-state index contributed by atoms with van der Waals surface area (Å²) < 4.78 is 29.0. The fraction of sp³-hybridized carbons (Fsp3) is 0.533. The Labute approximate surface area is 147 Å². The highest BCUT2D eigenvalue weighted by Crippen LogP contribution is 2.28. The molecule has 0 bridgehead atoms. The van der Waals surface area contributed by atoms with Crippen molar-refractivity contribution in [2.75, 3.05) is 6.54 Å². The molecule has 2 heterocycles. The molecule has 0 unspecified atom stereocenters. The molecule has 0 fully saturated rings. The normalized spacial score (nSPS) is 11.3. The number of amides is 1. The molecule has 0 spiro atoms. The van der Waals surface area contributed by atoms with E-state index in [1.165, 1.54) is 4.68 Å². The third-order valence-electron chi connectivity index (χ3n) is 3.63. The second kappa shape index (κ2) is 7.87. The second-order valence-corrected chi connectivity index (χ2v) is 6.39. The maximum absolute atomic E-state index is 12.8. The molecule has 0 aliphatic heterocycles. The van der Waals surface area contributed by atoms with E-state index < -0.39 is 6.43 Å². The van der Waals surface area contributed by atoms with Crippen LogP contribution in [0.5, 0.6) is 0 Å². The van der Waals surface area contributed by atoms with Crippen molar-refractivity contribution in [3.8, 4) is 0 Å². The topological polar surface area (TPSA) is 64.7 Å². The lowest BCUT2D eigenvalue weighted by atomic mass is 10.3. The average molecular weight is 404 g/mol. The highest BCUT2D eigenvalue weighted by atomic mass is 79.9. The molecule has 0 saturated carbocycles. The molecule has 132 valence electrons. The Balaban J connectivity index is 1.81. The SMILES string of the molecule is Cc1cc(C)n(CCCNC(=O)Cn2nc(C(F)F)c(Br)c2C)n1. The van der Waals surface area contributed by atoms with Crippen LogP contribution in [-0.4, -0.2) is 32.0 Å². The molecule has 6 nitrogen and oxygen atoms in total. The summed E-state index contributed by atoms with van der Waals surface area (Å²) >= 11 is 3.09. The van der Waals surface area contributed by atoms with Crippen molar-refractivity contribution in [3.05, 3.63) is 33.3 Å². The van der Waals surface area contributed by atoms with Gasteiger partial charge in [-0.25, -0.2) is 8.78 Å². The van der Waals surface area contributed by atoms with Gasteiger partial charge < -0.3 is 5.32 Å². The second-order valence-electron chi connectivity index (χ2n) is 5.60. The number of rotatable bonds is 7. The first kappa shape index (κ1) is 18.6. The van der Waals surface area contributed by atoms with E-state index in [-0.39, 0.29) is 22.6 Å². The van der Waals surface area contributed by atoms with Crippen molar-refractivity contribution in [1.82, 2.24) is 24.9 Å². The van der Waals surface area contributed by atoms with E-state index in [1.54, 1.807) is 6.92 Å². The molecule has 1 amide bonds. The number of hydrogen-bond donors (Lipinski definition) is 1. The first-order valence-corrected chi connectivity index (χ1v) is 8.37. The Kier molecular flexibility index (Phi) is 6.09. The Morgan fingerprint density at radius 2 is 2.00 bits per heavy atom. The summed E-state index contributed by atoms with van der Waals surface area (Å²) in [5.74, 6) is -0.262. The van der Waals surface area contributed by atoms with Crippen LogP contribution in [0, 0.1) is 20.8 Å². The van der Waals surface area contributed by atoms with Gasteiger partial charge in [0, 0.05) is 18.8 Å². The lowest BCUT2D eigenvalue weighted by Gasteiger charge is -2.08. The summed E-state index contributed by atoms with van der Waals surface area (Å²) in [5.41, 5.74) is 2.20. The quantitative estimate of drug-likeness (QED) is 0.722. The first-order chi connectivity index (χ1) is 11.3. The van der Waals surface area contributed by atoms with Crippen LogP contribution in [0.4, 0.5) is 8.78 Å². The highest BCUT2D eigenvalue weighted by Gasteiger charge is 2.21. The van der Waals surface area contributed by atoms with Gasteiger partial charge in [0.25, 0.3) is 6.43 Å². The summed E-state index contributed by atoms with van der Waals surface area (Å²) in [6.45, 7) is 6.67. The molecule has 2 aromatic rings. The van der Waals surface area contributed by atoms with Crippen molar-refractivity contribution in [1.29, 1.82) is 0 Å². The van der Waals surface area contributed by atoms with Gasteiger partial charge in [-0.3, -0.25) is 14.2 Å². The molecule has 0 aliphatic rings. The number of carbonyl (C=O) groups excluding carboxylic acids is 1. The molecule has 9 heteroatoms. The zero-order valence-electron chi connectivity index (χ0n) is 13.8. The number of carbonyl (C=O) groups is 1. The Morgan fingerprint density at radius 1 is 1.29 bits per heavy atom. The lowest BCUT2D eigenvalue weighted by Crippen LogP contribution is -2.29. The molecular formula is C15H20BrF2N5O. The van der Waals surface area contributed by atoms with Crippen molar-refractivity contribution in [2.24, 2.45) is 0 Å². The number of nitrogens with zero attached hydrogens (tertiary/aromatic N) is 4. The van der Waals surface area contributed by atoms with Crippen LogP contribution in [0.1, 0.15) is 35.6 Å². The Morgan fingerprint density at radius 3 is 2.54 bits per heavy atom. The number of halogens is 3. The van der Waals surface area contributed by atoms with E-state index in [0.717, 1.165) is 17.8 Å². The molecule has 0 aromatic carbocycles. The minimum atomic E-state index is -2.68. The minimum absolute atomic E-state index is 0.0863. The molecule has 0 aliphatic carbocycles. The zero-order chi connectivity index (χ0) is 17.9. The van der Waals surface area contributed by atoms with E-state index in [2.05, 4.69) is 31.4 Å². The number of nitrogens with one attached hydrogen (secondary N) is 1. The minimum Gasteiger partial charge on any atom is -0.354 e. The van der Waals surface area contributed by atoms with Crippen LogP contribution in [0.25, 0.3) is 0 Å². The molecule has 24 heavy (non-hydrogen) atoms. The smallest absolute Gasteiger partial charge is 0.283 e. The van der Waals surface area contributed by atoms with E-state index in [4.69, 9.17) is 0 Å². The third kappa shape index (κ3) is 4.40. The maximum Gasteiger partial charge on any atom is 0.283 e. The third-order valence-corrected chi connectivity index (χ3v) is 4.61. The average Bonchev–Trinajstić information content (AvgIpc) is 2.97. The first-order valence-electron chi connectivity index (χ1n) is 7.58. The number of aryl methyl sites for hydroxylation is 3. The van der Waals surface area contributed by atoms with Gasteiger partial charge in [-0.05, 0) is 49.2 Å². The number of aromatic nitrogens is 4. The van der Waals surface area contributed by atoms with Crippen molar-refractivity contribution < 1.29 is 13.6 Å². The molecule has 2 aromatic heterocycles. The molecule has 0 atom stereocenters. The van der Waals surface area contributed by atoms with E-state index >= 15 is 0 Å². The maximum atomic E-state index is 12.8. The number of alkyl halides is 2. The predicted molar refractivity (Wildman–Crippen MR) is 88.9 cm³/mol. The van der Waals surface area contributed by atoms with Crippen LogP contribution < -0.4 is 5.32 Å². The van der Waals surface area contributed by atoms with Crippen LogP contribution in [0.2, 0.25) is 0 Å². The van der Waals surface area contributed by atoms with E-state index in [9.17, 15) is 13.6 Å². The van der Waals surface area contributed by atoms with Gasteiger partial charge in [0.1, 0.15) is 12.2 Å². The van der Waals surface area contributed by atoms with Crippen LogP contribution >= 0.6 is 15.9 Å². The van der Waals surface area contributed by atoms with Gasteiger partial charge in [-0.15, -0.1) is 0 Å². The van der Waals surface area contributed by atoms with Crippen molar-refractivity contribution in [2.45, 2.75) is 46.7 Å². The summed E-state index contributed by atoms with van der Waals surface area (Å²) in [5, 5.41) is 10.9. The highest BCUT2D eigenvalue weighted by molar-refractivity contribution is 9.10. The Hall–Kier alpha value is -1.77. The van der Waals surface area contributed by atoms with Gasteiger partial charge in [0.2, 0.25) is 5.91 Å².